The Kier molecular flexibility index (Phi) is 6.90. The zero-order valence-corrected chi connectivity index (χ0v) is 29.6. The molecule has 3 aliphatic carbocycles. The Balaban J connectivity index is 1.09. The van der Waals surface area contributed by atoms with Gasteiger partial charge in [0.05, 0.1) is 0 Å². The molecule has 0 unspecified atom stereocenters. The molecule has 7 aromatic carbocycles. The van der Waals surface area contributed by atoms with Crippen molar-refractivity contribution in [2.45, 2.75) is 56.8 Å². The highest BCUT2D eigenvalue weighted by atomic mass is 15.1. The van der Waals surface area contributed by atoms with Gasteiger partial charge < -0.3 is 4.90 Å². The van der Waals surface area contributed by atoms with E-state index in [2.05, 4.69) is 176 Å². The standard InChI is InChI=1S/C50H43N/c1-49(2)46-17-7-6-14-44(46)45-32-41(26-27-47(45)49)51(40-24-20-38(21-25-40)50-30-28-34(33-50)29-31-50)39-22-18-36(19-23-39)43-16-9-13-37-12-8-15-42(48(37)43)35-10-4-3-5-11-35/h3-27,32,34H,28-31,33H2,1-2H3. The lowest BCUT2D eigenvalue weighted by Gasteiger charge is -2.30. The second-order valence-electron chi connectivity index (χ2n) is 15.8. The van der Waals surface area contributed by atoms with Crippen molar-refractivity contribution >= 4 is 27.8 Å². The number of fused-ring (bicyclic) bond motifs is 6. The largest absolute Gasteiger partial charge is 0.310 e. The van der Waals surface area contributed by atoms with Crippen LogP contribution in [-0.4, -0.2) is 0 Å². The lowest BCUT2D eigenvalue weighted by Crippen LogP contribution is -2.19. The first-order valence-corrected chi connectivity index (χ1v) is 18.8. The number of hydrogen-bond donors (Lipinski definition) is 0. The zero-order valence-electron chi connectivity index (χ0n) is 29.6. The van der Waals surface area contributed by atoms with Gasteiger partial charge in [-0.3, -0.25) is 0 Å². The van der Waals surface area contributed by atoms with E-state index < -0.39 is 0 Å². The summed E-state index contributed by atoms with van der Waals surface area (Å²) in [5.41, 5.74) is 16.0. The molecule has 2 fully saturated rings. The van der Waals surface area contributed by atoms with E-state index in [-0.39, 0.29) is 5.41 Å². The van der Waals surface area contributed by atoms with E-state index >= 15 is 0 Å². The first-order valence-electron chi connectivity index (χ1n) is 18.8. The van der Waals surface area contributed by atoms with Crippen LogP contribution in [0.4, 0.5) is 17.1 Å². The predicted octanol–water partition coefficient (Wildman–Crippen LogP) is 13.8. The van der Waals surface area contributed by atoms with Crippen LogP contribution in [0.25, 0.3) is 44.2 Å². The fourth-order valence-corrected chi connectivity index (χ4v) is 10.1. The molecule has 0 aliphatic heterocycles. The van der Waals surface area contributed by atoms with Crippen LogP contribution in [-0.2, 0) is 10.8 Å². The number of nitrogens with zero attached hydrogens (tertiary/aromatic N) is 1. The first kappa shape index (κ1) is 30.4. The summed E-state index contributed by atoms with van der Waals surface area (Å²) in [7, 11) is 0. The molecule has 1 nitrogen and oxygen atoms in total. The number of rotatable bonds is 6. The Hall–Kier alpha value is -5.40. The molecular weight excluding hydrogens is 615 g/mol. The highest BCUT2D eigenvalue weighted by Gasteiger charge is 2.45. The van der Waals surface area contributed by atoms with Crippen molar-refractivity contribution in [3.8, 4) is 33.4 Å². The third kappa shape index (κ3) is 4.82. The van der Waals surface area contributed by atoms with Crippen LogP contribution < -0.4 is 4.90 Å². The minimum atomic E-state index is -0.0185. The zero-order chi connectivity index (χ0) is 34.2. The van der Waals surface area contributed by atoms with E-state index in [9.17, 15) is 0 Å². The smallest absolute Gasteiger partial charge is 0.0468 e. The molecule has 0 N–H and O–H groups in total. The number of hydrogen-bond acceptors (Lipinski definition) is 1. The fraction of sp³-hybridized carbons (Fsp3) is 0.200. The van der Waals surface area contributed by atoms with Crippen molar-refractivity contribution in [2.75, 3.05) is 4.90 Å². The highest BCUT2D eigenvalue weighted by molar-refractivity contribution is 6.06. The van der Waals surface area contributed by atoms with E-state index in [1.54, 1.807) is 0 Å². The molecule has 10 rings (SSSR count). The highest BCUT2D eigenvalue weighted by Crippen LogP contribution is 2.56. The Bertz CT molecular complexity index is 2400. The van der Waals surface area contributed by atoms with Crippen molar-refractivity contribution in [3.05, 3.63) is 174 Å². The summed E-state index contributed by atoms with van der Waals surface area (Å²) in [5.74, 6) is 0.934. The predicted molar refractivity (Wildman–Crippen MR) is 215 cm³/mol. The molecular formula is C50H43N. The lowest BCUT2D eigenvalue weighted by atomic mass is 9.78. The van der Waals surface area contributed by atoms with Crippen molar-refractivity contribution in [3.63, 3.8) is 0 Å². The van der Waals surface area contributed by atoms with Gasteiger partial charge in [-0.2, -0.15) is 0 Å². The maximum absolute atomic E-state index is 2.46. The Morgan fingerprint density at radius 2 is 1.06 bits per heavy atom. The van der Waals surface area contributed by atoms with E-state index in [1.165, 1.54) is 110 Å². The van der Waals surface area contributed by atoms with Crippen molar-refractivity contribution in [1.29, 1.82) is 0 Å². The van der Waals surface area contributed by atoms with Crippen LogP contribution >= 0.6 is 0 Å². The second-order valence-corrected chi connectivity index (χ2v) is 15.8. The maximum Gasteiger partial charge on any atom is 0.0468 e. The van der Waals surface area contributed by atoms with Gasteiger partial charge in [0.25, 0.3) is 0 Å². The van der Waals surface area contributed by atoms with Crippen LogP contribution in [0.5, 0.6) is 0 Å². The molecule has 0 heterocycles. The molecule has 0 spiro atoms. The average Bonchev–Trinajstić information content (AvgIpc) is 3.87. The molecule has 248 valence electrons. The van der Waals surface area contributed by atoms with Crippen molar-refractivity contribution in [2.24, 2.45) is 5.92 Å². The summed E-state index contributed by atoms with van der Waals surface area (Å²) in [6.07, 6.45) is 6.87. The summed E-state index contributed by atoms with van der Waals surface area (Å²) >= 11 is 0. The van der Waals surface area contributed by atoms with Gasteiger partial charge in [-0.1, -0.05) is 135 Å². The van der Waals surface area contributed by atoms with E-state index in [4.69, 9.17) is 0 Å². The van der Waals surface area contributed by atoms with Crippen LogP contribution in [0.2, 0.25) is 0 Å². The molecule has 3 aliphatic rings. The van der Waals surface area contributed by atoms with Crippen LogP contribution in [0, 0.1) is 5.92 Å². The maximum atomic E-state index is 2.46. The van der Waals surface area contributed by atoms with E-state index in [0.717, 1.165) is 5.92 Å². The van der Waals surface area contributed by atoms with Gasteiger partial charge in [0.15, 0.2) is 0 Å². The minimum Gasteiger partial charge on any atom is -0.310 e. The van der Waals surface area contributed by atoms with Gasteiger partial charge in [-0.05, 0) is 141 Å². The van der Waals surface area contributed by atoms with Gasteiger partial charge in [-0.15, -0.1) is 0 Å². The SMILES string of the molecule is CC1(C)c2ccccc2-c2cc(N(c3ccc(-c4cccc5cccc(-c6ccccc6)c45)cc3)c3ccc(C45CCC(CC4)C5)cc3)ccc21. The average molecular weight is 658 g/mol. The van der Waals surface area contributed by atoms with Crippen molar-refractivity contribution in [1.82, 2.24) is 0 Å². The van der Waals surface area contributed by atoms with Gasteiger partial charge in [-0.25, -0.2) is 0 Å². The molecule has 7 aromatic rings. The molecule has 0 radical (unpaired) electrons. The third-order valence-electron chi connectivity index (χ3n) is 12.7. The second kappa shape index (κ2) is 11.6. The Morgan fingerprint density at radius 3 is 1.73 bits per heavy atom. The van der Waals surface area contributed by atoms with Crippen LogP contribution in [0.15, 0.2) is 158 Å². The topological polar surface area (TPSA) is 3.24 Å². The van der Waals surface area contributed by atoms with Crippen LogP contribution in [0.1, 0.15) is 62.6 Å². The molecule has 2 saturated carbocycles. The lowest BCUT2D eigenvalue weighted by molar-refractivity contribution is 0.419. The van der Waals surface area contributed by atoms with Crippen molar-refractivity contribution < 1.29 is 0 Å². The summed E-state index contributed by atoms with van der Waals surface area (Å²) in [6.45, 7) is 4.72. The molecule has 0 atom stereocenters. The molecule has 2 bridgehead atoms. The summed E-state index contributed by atoms with van der Waals surface area (Å²) < 4.78 is 0. The van der Waals surface area contributed by atoms with Crippen LogP contribution in [0.3, 0.4) is 0 Å². The number of anilines is 3. The monoisotopic (exact) mass is 657 g/mol. The Labute approximate surface area is 302 Å². The van der Waals surface area contributed by atoms with Gasteiger partial charge >= 0.3 is 0 Å². The molecule has 51 heavy (non-hydrogen) atoms. The van der Waals surface area contributed by atoms with Gasteiger partial charge in [0.2, 0.25) is 0 Å². The molecule has 0 saturated heterocycles. The summed E-state index contributed by atoms with van der Waals surface area (Å²) in [5, 5.41) is 2.56. The number of benzene rings is 7. The molecule has 0 amide bonds. The Morgan fingerprint density at radius 1 is 0.490 bits per heavy atom. The normalized spacial score (nSPS) is 19.6. The first-order chi connectivity index (χ1) is 25.0. The third-order valence-corrected chi connectivity index (χ3v) is 12.7. The minimum absolute atomic E-state index is 0.0185. The van der Waals surface area contributed by atoms with E-state index in [0.29, 0.717) is 5.41 Å². The summed E-state index contributed by atoms with van der Waals surface area (Å²) in [4.78, 5) is 2.46. The fourth-order valence-electron chi connectivity index (χ4n) is 10.1. The summed E-state index contributed by atoms with van der Waals surface area (Å²) in [6, 6.07) is 59.1. The van der Waals surface area contributed by atoms with Gasteiger partial charge in [0, 0.05) is 22.5 Å². The quantitative estimate of drug-likeness (QED) is 0.172. The van der Waals surface area contributed by atoms with E-state index in [1.807, 2.05) is 0 Å². The van der Waals surface area contributed by atoms with Gasteiger partial charge in [0.1, 0.15) is 0 Å². The molecule has 0 aromatic heterocycles. The molecule has 1 heteroatoms.